The minimum absolute atomic E-state index is 0.0559. The van der Waals surface area contributed by atoms with Gasteiger partial charge in [0.1, 0.15) is 23.9 Å². The average molecular weight is 406 g/mol. The van der Waals surface area contributed by atoms with Gasteiger partial charge in [0.25, 0.3) is 0 Å². The Balaban J connectivity index is 1.50. The second-order valence-corrected chi connectivity index (χ2v) is 6.83. The topological polar surface area (TPSA) is 83.0 Å². The van der Waals surface area contributed by atoms with Crippen molar-refractivity contribution >= 4 is 5.97 Å². The number of hydrogen-bond acceptors (Lipinski definition) is 6. The minimum atomic E-state index is -0.644. The third kappa shape index (κ3) is 3.71. The number of aryl methyl sites for hydroxylation is 2. The highest BCUT2D eigenvalue weighted by Crippen LogP contribution is 2.22. The van der Waals surface area contributed by atoms with Gasteiger partial charge in [0.05, 0.1) is 11.4 Å². The Hall–Kier alpha value is -3.81. The molecule has 30 heavy (non-hydrogen) atoms. The Morgan fingerprint density at radius 3 is 2.63 bits per heavy atom. The van der Waals surface area contributed by atoms with Crippen molar-refractivity contribution in [3.8, 4) is 17.1 Å². The zero-order chi connectivity index (χ0) is 21.3. The molecule has 0 radical (unpaired) electrons. The van der Waals surface area contributed by atoms with Gasteiger partial charge in [-0.3, -0.25) is 0 Å². The van der Waals surface area contributed by atoms with E-state index in [1.807, 2.05) is 30.3 Å². The van der Waals surface area contributed by atoms with E-state index in [1.54, 1.807) is 32.9 Å². The van der Waals surface area contributed by atoms with Crippen LogP contribution < -0.4 is 0 Å². The van der Waals surface area contributed by atoms with Crippen LogP contribution in [0, 0.1) is 26.6 Å². The fraction of sp³-hybridized carbons (Fsp3) is 0.182. The number of oxazole rings is 1. The fourth-order valence-electron chi connectivity index (χ4n) is 2.94. The maximum absolute atomic E-state index is 13.9. The monoisotopic (exact) mass is 406 g/mol. The Bertz CT molecular complexity index is 1210. The lowest BCUT2D eigenvalue weighted by Crippen LogP contribution is -2.09. The number of nitrogens with zero attached hydrogens (tertiary/aromatic N) is 4. The summed E-state index contributed by atoms with van der Waals surface area (Å²) in [6, 6.07) is 14.1. The van der Waals surface area contributed by atoms with Crippen molar-refractivity contribution < 1.29 is 18.3 Å². The van der Waals surface area contributed by atoms with Gasteiger partial charge in [-0.15, -0.1) is 5.10 Å². The molecule has 2 aromatic heterocycles. The van der Waals surface area contributed by atoms with Crippen LogP contribution in [-0.4, -0.2) is 25.9 Å². The summed E-state index contributed by atoms with van der Waals surface area (Å²) >= 11 is 0. The molecule has 0 aliphatic carbocycles. The fourth-order valence-corrected chi connectivity index (χ4v) is 2.94. The molecular weight excluding hydrogens is 387 g/mol. The summed E-state index contributed by atoms with van der Waals surface area (Å²) in [6.45, 7) is 5.04. The van der Waals surface area contributed by atoms with E-state index in [-0.39, 0.29) is 18.1 Å². The summed E-state index contributed by atoms with van der Waals surface area (Å²) in [6.07, 6.45) is 0. The smallest absolute Gasteiger partial charge is 0.361 e. The third-order valence-electron chi connectivity index (χ3n) is 4.74. The number of esters is 1. The van der Waals surface area contributed by atoms with Crippen LogP contribution in [0.15, 0.2) is 52.9 Å². The van der Waals surface area contributed by atoms with E-state index in [9.17, 15) is 9.18 Å². The van der Waals surface area contributed by atoms with Crippen molar-refractivity contribution in [2.75, 3.05) is 0 Å². The number of halogens is 1. The Labute approximate surface area is 172 Å². The van der Waals surface area contributed by atoms with Crippen molar-refractivity contribution in [2.24, 2.45) is 0 Å². The first kappa shape index (κ1) is 19.5. The molecule has 0 N–H and O–H groups in total. The molecular formula is C22H19FN4O3. The first-order chi connectivity index (χ1) is 14.4. The van der Waals surface area contributed by atoms with E-state index in [0.29, 0.717) is 34.3 Å². The van der Waals surface area contributed by atoms with E-state index in [2.05, 4.69) is 15.3 Å². The van der Waals surface area contributed by atoms with Crippen LogP contribution in [0.5, 0.6) is 0 Å². The number of ether oxygens (including phenoxy) is 1. The molecule has 152 valence electrons. The summed E-state index contributed by atoms with van der Waals surface area (Å²) in [5.74, 6) is 0.0251. The molecule has 0 bridgehead atoms. The predicted molar refractivity (Wildman–Crippen MR) is 107 cm³/mol. The minimum Gasteiger partial charge on any atom is -0.454 e. The van der Waals surface area contributed by atoms with Crippen LogP contribution in [0.3, 0.4) is 0 Å². The lowest BCUT2D eigenvalue weighted by molar-refractivity contribution is 0.0459. The molecule has 0 aliphatic rings. The highest BCUT2D eigenvalue weighted by atomic mass is 19.1. The number of rotatable bonds is 5. The summed E-state index contributed by atoms with van der Waals surface area (Å²) in [7, 11) is 0. The molecule has 0 atom stereocenters. The van der Waals surface area contributed by atoms with E-state index in [1.165, 1.54) is 10.7 Å². The maximum Gasteiger partial charge on any atom is 0.361 e. The van der Waals surface area contributed by atoms with Crippen molar-refractivity contribution in [3.63, 3.8) is 0 Å². The Morgan fingerprint density at radius 1 is 1.13 bits per heavy atom. The number of hydrogen-bond donors (Lipinski definition) is 0. The highest BCUT2D eigenvalue weighted by Gasteiger charge is 2.21. The summed E-state index contributed by atoms with van der Waals surface area (Å²) < 4.78 is 26.3. The molecule has 2 aromatic carbocycles. The largest absolute Gasteiger partial charge is 0.454 e. The molecule has 0 aliphatic heterocycles. The van der Waals surface area contributed by atoms with Crippen LogP contribution in [0.1, 0.15) is 33.2 Å². The van der Waals surface area contributed by atoms with Crippen LogP contribution in [-0.2, 0) is 11.3 Å². The molecule has 0 saturated carbocycles. The van der Waals surface area contributed by atoms with Gasteiger partial charge in [-0.2, -0.15) is 0 Å². The van der Waals surface area contributed by atoms with Gasteiger partial charge in [0.15, 0.2) is 5.69 Å². The van der Waals surface area contributed by atoms with Gasteiger partial charge < -0.3 is 9.15 Å². The normalized spacial score (nSPS) is 10.9. The zero-order valence-electron chi connectivity index (χ0n) is 16.7. The second-order valence-electron chi connectivity index (χ2n) is 6.83. The molecule has 2 heterocycles. The van der Waals surface area contributed by atoms with Crippen molar-refractivity contribution in [1.82, 2.24) is 20.0 Å². The third-order valence-corrected chi connectivity index (χ3v) is 4.74. The number of carbonyl (C=O) groups is 1. The van der Waals surface area contributed by atoms with Crippen LogP contribution >= 0.6 is 0 Å². The molecule has 4 aromatic rings. The lowest BCUT2D eigenvalue weighted by Gasteiger charge is -2.05. The van der Waals surface area contributed by atoms with Gasteiger partial charge >= 0.3 is 5.97 Å². The van der Waals surface area contributed by atoms with Crippen LogP contribution in [0.4, 0.5) is 4.39 Å². The maximum atomic E-state index is 13.9. The zero-order valence-corrected chi connectivity index (χ0v) is 16.7. The lowest BCUT2D eigenvalue weighted by atomic mass is 10.2. The molecule has 0 amide bonds. The Morgan fingerprint density at radius 2 is 1.90 bits per heavy atom. The van der Waals surface area contributed by atoms with Gasteiger partial charge in [0.2, 0.25) is 5.89 Å². The molecule has 0 spiro atoms. The van der Waals surface area contributed by atoms with Gasteiger partial charge in [-0.25, -0.2) is 18.9 Å². The molecule has 8 heteroatoms. The predicted octanol–water partition coefficient (Wildman–Crippen LogP) is 4.34. The van der Waals surface area contributed by atoms with Crippen molar-refractivity contribution in [2.45, 2.75) is 27.4 Å². The van der Waals surface area contributed by atoms with Crippen LogP contribution in [0.2, 0.25) is 0 Å². The molecule has 0 unspecified atom stereocenters. The highest BCUT2D eigenvalue weighted by molar-refractivity contribution is 5.88. The average Bonchev–Trinajstić information content (AvgIpc) is 3.31. The summed E-state index contributed by atoms with van der Waals surface area (Å²) in [5, 5.41) is 7.86. The van der Waals surface area contributed by atoms with Crippen LogP contribution in [0.25, 0.3) is 17.1 Å². The number of benzene rings is 2. The first-order valence-electron chi connectivity index (χ1n) is 9.31. The van der Waals surface area contributed by atoms with E-state index in [4.69, 9.17) is 9.15 Å². The molecule has 0 fully saturated rings. The molecule has 4 rings (SSSR count). The van der Waals surface area contributed by atoms with E-state index < -0.39 is 5.97 Å². The van der Waals surface area contributed by atoms with Crippen molar-refractivity contribution in [3.05, 3.63) is 82.8 Å². The van der Waals surface area contributed by atoms with Crippen molar-refractivity contribution in [1.29, 1.82) is 0 Å². The summed E-state index contributed by atoms with van der Waals surface area (Å²) in [4.78, 5) is 16.9. The summed E-state index contributed by atoms with van der Waals surface area (Å²) in [5.41, 5.74) is 2.86. The van der Waals surface area contributed by atoms with Gasteiger partial charge in [-0.1, -0.05) is 29.5 Å². The molecule has 7 nitrogen and oxygen atoms in total. The van der Waals surface area contributed by atoms with Gasteiger partial charge in [0, 0.05) is 5.56 Å². The number of aromatic nitrogens is 4. The SMILES string of the molecule is Cc1ccc(-n2nnc(C(=O)OCc3nc(-c4ccccc4)oc3C)c2C)cc1F. The molecule has 0 saturated heterocycles. The first-order valence-corrected chi connectivity index (χ1v) is 9.31. The standard InChI is InChI=1S/C22H19FN4O3/c1-13-9-10-17(11-18(13)23)27-14(2)20(25-26-27)22(28)29-12-19-15(3)30-21(24-19)16-7-5-4-6-8-16/h4-11H,12H2,1-3H3. The second kappa shape index (κ2) is 7.90. The Kier molecular flexibility index (Phi) is 5.14. The van der Waals surface area contributed by atoms with E-state index in [0.717, 1.165) is 5.56 Å². The van der Waals surface area contributed by atoms with Gasteiger partial charge in [-0.05, 0) is 50.6 Å². The van der Waals surface area contributed by atoms with E-state index >= 15 is 0 Å². The quantitative estimate of drug-likeness (QED) is 0.459. The number of carbonyl (C=O) groups excluding carboxylic acids is 1.